The van der Waals surface area contributed by atoms with Gasteiger partial charge in [0.1, 0.15) is 0 Å². The molecule has 3 rings (SSSR count). The molecule has 1 aromatic heterocycles. The predicted octanol–water partition coefficient (Wildman–Crippen LogP) is 1.66. The van der Waals surface area contributed by atoms with Crippen LogP contribution in [0.2, 0.25) is 0 Å². The zero-order valence-electron chi connectivity index (χ0n) is 10.3. The minimum absolute atomic E-state index is 0.735. The van der Waals surface area contributed by atoms with E-state index in [4.69, 9.17) is 0 Å². The van der Waals surface area contributed by atoms with Gasteiger partial charge in [-0.1, -0.05) is 0 Å². The van der Waals surface area contributed by atoms with E-state index in [1.165, 1.54) is 44.5 Å². The van der Waals surface area contributed by atoms with Crippen molar-refractivity contribution in [1.82, 2.24) is 15.2 Å². The second-order valence-electron chi connectivity index (χ2n) is 5.34. The van der Waals surface area contributed by atoms with Crippen molar-refractivity contribution in [3.05, 3.63) is 30.1 Å². The van der Waals surface area contributed by atoms with Crippen molar-refractivity contribution >= 4 is 0 Å². The summed E-state index contributed by atoms with van der Waals surface area (Å²) in [6.45, 7) is 4.70. The summed E-state index contributed by atoms with van der Waals surface area (Å²) in [6, 6.07) is 4.99. The number of pyridine rings is 1. The quantitative estimate of drug-likeness (QED) is 0.857. The average molecular weight is 231 g/mol. The maximum atomic E-state index is 4.08. The van der Waals surface area contributed by atoms with Crippen LogP contribution >= 0.6 is 0 Å². The highest BCUT2D eigenvalue weighted by atomic mass is 15.2. The molecule has 2 heterocycles. The Bertz CT molecular complexity index is 348. The molecule has 2 aliphatic rings. The molecule has 2 fully saturated rings. The first kappa shape index (κ1) is 11.2. The summed E-state index contributed by atoms with van der Waals surface area (Å²) >= 11 is 0. The summed E-state index contributed by atoms with van der Waals surface area (Å²) in [6.07, 6.45) is 7.92. The van der Waals surface area contributed by atoms with Crippen LogP contribution in [-0.2, 0) is 6.54 Å². The third-order valence-corrected chi connectivity index (χ3v) is 3.86. The van der Waals surface area contributed by atoms with Gasteiger partial charge in [-0.15, -0.1) is 0 Å². The van der Waals surface area contributed by atoms with Gasteiger partial charge in [-0.3, -0.25) is 9.88 Å². The maximum absolute atomic E-state index is 4.08. The molecule has 1 N–H and O–H groups in total. The lowest BCUT2D eigenvalue weighted by Gasteiger charge is -2.24. The van der Waals surface area contributed by atoms with Crippen LogP contribution in [0.15, 0.2) is 24.5 Å². The largest absolute Gasteiger partial charge is 0.312 e. The van der Waals surface area contributed by atoms with Gasteiger partial charge < -0.3 is 5.32 Å². The van der Waals surface area contributed by atoms with Crippen LogP contribution in [0.3, 0.4) is 0 Å². The van der Waals surface area contributed by atoms with Crippen molar-refractivity contribution in [1.29, 1.82) is 0 Å². The topological polar surface area (TPSA) is 28.2 Å². The second kappa shape index (κ2) is 5.15. The van der Waals surface area contributed by atoms with Crippen molar-refractivity contribution in [2.75, 3.05) is 19.6 Å². The minimum atomic E-state index is 0.735. The number of aromatic nitrogens is 1. The van der Waals surface area contributed by atoms with Crippen molar-refractivity contribution in [2.45, 2.75) is 31.8 Å². The molecule has 1 aliphatic heterocycles. The normalized spacial score (nSPS) is 26.7. The number of nitrogens with zero attached hydrogens (tertiary/aromatic N) is 2. The Morgan fingerprint density at radius 3 is 2.88 bits per heavy atom. The Hall–Kier alpha value is -0.930. The van der Waals surface area contributed by atoms with Gasteiger partial charge in [0.15, 0.2) is 0 Å². The van der Waals surface area contributed by atoms with E-state index in [2.05, 4.69) is 27.3 Å². The highest BCUT2D eigenvalue weighted by molar-refractivity contribution is 5.09. The van der Waals surface area contributed by atoms with Gasteiger partial charge in [0.2, 0.25) is 0 Å². The van der Waals surface area contributed by atoms with E-state index < -0.39 is 0 Å². The fourth-order valence-electron chi connectivity index (χ4n) is 2.73. The summed E-state index contributed by atoms with van der Waals surface area (Å²) in [7, 11) is 0. The number of nitrogens with one attached hydrogen (secondary N) is 1. The fraction of sp³-hybridized carbons (Fsp3) is 0.643. The summed E-state index contributed by atoms with van der Waals surface area (Å²) in [5, 5.41) is 3.71. The van der Waals surface area contributed by atoms with E-state index in [0.29, 0.717) is 0 Å². The first-order valence-corrected chi connectivity index (χ1v) is 6.76. The molecule has 0 radical (unpaired) electrons. The van der Waals surface area contributed by atoms with E-state index in [1.54, 1.807) is 0 Å². The Balaban J connectivity index is 1.61. The van der Waals surface area contributed by atoms with E-state index >= 15 is 0 Å². The average Bonchev–Trinajstić information content (AvgIpc) is 3.16. The second-order valence-corrected chi connectivity index (χ2v) is 5.34. The van der Waals surface area contributed by atoms with Crippen molar-refractivity contribution in [3.63, 3.8) is 0 Å². The van der Waals surface area contributed by atoms with Crippen LogP contribution < -0.4 is 5.32 Å². The molecule has 17 heavy (non-hydrogen) atoms. The first-order chi connectivity index (χ1) is 8.42. The molecular formula is C14H21N3. The number of hydrogen-bond acceptors (Lipinski definition) is 3. The molecule has 0 bridgehead atoms. The molecule has 3 heteroatoms. The first-order valence-electron chi connectivity index (χ1n) is 6.76. The van der Waals surface area contributed by atoms with Crippen molar-refractivity contribution in [3.8, 4) is 0 Å². The van der Waals surface area contributed by atoms with Crippen LogP contribution in [-0.4, -0.2) is 35.6 Å². The van der Waals surface area contributed by atoms with Gasteiger partial charge in [-0.25, -0.2) is 0 Å². The van der Waals surface area contributed by atoms with E-state index in [0.717, 1.165) is 18.5 Å². The van der Waals surface area contributed by atoms with Crippen LogP contribution in [0.1, 0.15) is 24.8 Å². The Kier molecular flexibility index (Phi) is 3.39. The molecule has 1 atom stereocenters. The molecular weight excluding hydrogens is 210 g/mol. The Labute approximate surface area is 103 Å². The van der Waals surface area contributed by atoms with E-state index in [1.807, 2.05) is 12.4 Å². The van der Waals surface area contributed by atoms with Crippen molar-refractivity contribution in [2.24, 2.45) is 5.92 Å². The fourth-order valence-corrected chi connectivity index (χ4v) is 2.73. The van der Waals surface area contributed by atoms with Crippen molar-refractivity contribution < 1.29 is 0 Å². The molecule has 1 aliphatic carbocycles. The van der Waals surface area contributed by atoms with Crippen LogP contribution in [0, 0.1) is 5.92 Å². The maximum Gasteiger partial charge on any atom is 0.0271 e. The summed E-state index contributed by atoms with van der Waals surface area (Å²) in [5.74, 6) is 0.952. The minimum Gasteiger partial charge on any atom is -0.312 e. The predicted molar refractivity (Wildman–Crippen MR) is 68.6 cm³/mol. The lowest BCUT2D eigenvalue weighted by molar-refractivity contribution is 0.251. The lowest BCUT2D eigenvalue weighted by Crippen LogP contribution is -2.38. The van der Waals surface area contributed by atoms with Crippen LogP contribution in [0.5, 0.6) is 0 Å². The smallest absolute Gasteiger partial charge is 0.0271 e. The molecule has 1 unspecified atom stereocenters. The van der Waals surface area contributed by atoms with Gasteiger partial charge in [0, 0.05) is 31.5 Å². The third-order valence-electron chi connectivity index (χ3n) is 3.86. The highest BCUT2D eigenvalue weighted by Crippen LogP contribution is 2.33. The number of hydrogen-bond donors (Lipinski definition) is 1. The Morgan fingerprint density at radius 1 is 1.29 bits per heavy atom. The zero-order valence-corrected chi connectivity index (χ0v) is 10.3. The molecule has 0 aromatic carbocycles. The SMILES string of the molecule is c1cc(CN2CCCNC(C3CC3)C2)ccn1. The lowest BCUT2D eigenvalue weighted by atomic mass is 10.1. The standard InChI is InChI=1S/C14H21N3/c1-6-16-14(13-2-3-13)11-17(9-1)10-12-4-7-15-8-5-12/h4-5,7-8,13-14,16H,1-3,6,9-11H2. The summed E-state index contributed by atoms with van der Waals surface area (Å²) in [5.41, 5.74) is 1.39. The van der Waals surface area contributed by atoms with Gasteiger partial charge >= 0.3 is 0 Å². The van der Waals surface area contributed by atoms with E-state index in [-0.39, 0.29) is 0 Å². The van der Waals surface area contributed by atoms with Gasteiger partial charge in [0.05, 0.1) is 0 Å². The third kappa shape index (κ3) is 3.05. The zero-order chi connectivity index (χ0) is 11.5. The molecule has 1 saturated carbocycles. The molecule has 0 spiro atoms. The molecule has 3 nitrogen and oxygen atoms in total. The van der Waals surface area contributed by atoms with Gasteiger partial charge in [-0.2, -0.15) is 0 Å². The van der Waals surface area contributed by atoms with E-state index in [9.17, 15) is 0 Å². The highest BCUT2D eigenvalue weighted by Gasteiger charge is 2.32. The molecule has 1 saturated heterocycles. The molecule has 1 aromatic rings. The van der Waals surface area contributed by atoms with Crippen LogP contribution in [0.4, 0.5) is 0 Å². The van der Waals surface area contributed by atoms with Gasteiger partial charge in [0.25, 0.3) is 0 Å². The van der Waals surface area contributed by atoms with Gasteiger partial charge in [-0.05, 0) is 56.0 Å². The summed E-state index contributed by atoms with van der Waals surface area (Å²) < 4.78 is 0. The van der Waals surface area contributed by atoms with Crippen LogP contribution in [0.25, 0.3) is 0 Å². The number of rotatable bonds is 3. The Morgan fingerprint density at radius 2 is 2.12 bits per heavy atom. The molecule has 92 valence electrons. The molecule has 0 amide bonds. The monoisotopic (exact) mass is 231 g/mol. The summed E-state index contributed by atoms with van der Waals surface area (Å²) in [4.78, 5) is 6.67.